The molecule has 0 radical (unpaired) electrons. The summed E-state index contributed by atoms with van der Waals surface area (Å²) in [7, 11) is 0. The summed E-state index contributed by atoms with van der Waals surface area (Å²) in [6, 6.07) is 10.3. The first kappa shape index (κ1) is 14.3. The molecule has 0 aliphatic heterocycles. The molecule has 0 aliphatic rings. The number of hydrogen-bond acceptors (Lipinski definition) is 1. The van der Waals surface area contributed by atoms with E-state index in [9.17, 15) is 4.79 Å². The Morgan fingerprint density at radius 3 is 2.56 bits per heavy atom. The van der Waals surface area contributed by atoms with Crippen LogP contribution in [0.15, 0.2) is 42.1 Å². The zero-order valence-corrected chi connectivity index (χ0v) is 11.2. The summed E-state index contributed by atoms with van der Waals surface area (Å²) < 4.78 is 0. The third kappa shape index (κ3) is 6.74. The maximum Gasteiger partial charge on any atom is 0.318 e. The van der Waals surface area contributed by atoms with Gasteiger partial charge in [0.05, 0.1) is 0 Å². The van der Waals surface area contributed by atoms with E-state index in [4.69, 9.17) is 0 Å². The lowest BCUT2D eigenvalue weighted by atomic mass is 10.1. The standard InChI is InChI=1S/C15H22N2O/c1-13(2)12-17-15(18)16-11-7-6-10-14-8-4-3-5-9-14/h3-5,8-9,12H,6-7,10-11H2,1-2H3,(H2,16,17,18). The minimum absolute atomic E-state index is 0.129. The Kier molecular flexibility index (Phi) is 6.62. The summed E-state index contributed by atoms with van der Waals surface area (Å²) in [6.07, 6.45) is 4.86. The third-order valence-corrected chi connectivity index (χ3v) is 2.51. The normalized spacial score (nSPS) is 9.67. The smallest absolute Gasteiger partial charge is 0.318 e. The number of urea groups is 1. The van der Waals surface area contributed by atoms with Crippen molar-refractivity contribution in [3.63, 3.8) is 0 Å². The Balaban J connectivity index is 2.05. The van der Waals surface area contributed by atoms with Crippen LogP contribution in [0, 0.1) is 0 Å². The Labute approximate surface area is 109 Å². The van der Waals surface area contributed by atoms with E-state index in [1.165, 1.54) is 5.56 Å². The number of unbranched alkanes of at least 4 members (excludes halogenated alkanes) is 1. The lowest BCUT2D eigenvalue weighted by molar-refractivity contribution is 0.244. The first-order valence-electron chi connectivity index (χ1n) is 6.40. The van der Waals surface area contributed by atoms with Crippen molar-refractivity contribution < 1.29 is 4.79 Å². The van der Waals surface area contributed by atoms with E-state index in [0.29, 0.717) is 0 Å². The van der Waals surface area contributed by atoms with Gasteiger partial charge < -0.3 is 10.6 Å². The zero-order chi connectivity index (χ0) is 13.2. The second-order valence-electron chi connectivity index (χ2n) is 4.56. The molecule has 2 N–H and O–H groups in total. The average Bonchev–Trinajstić information content (AvgIpc) is 2.37. The minimum Gasteiger partial charge on any atom is -0.338 e. The van der Waals surface area contributed by atoms with Crippen molar-refractivity contribution in [2.75, 3.05) is 6.54 Å². The summed E-state index contributed by atoms with van der Waals surface area (Å²) in [5.41, 5.74) is 2.43. The highest BCUT2D eigenvalue weighted by Crippen LogP contribution is 2.03. The van der Waals surface area contributed by atoms with Gasteiger partial charge in [-0.25, -0.2) is 4.79 Å². The average molecular weight is 246 g/mol. The van der Waals surface area contributed by atoms with Gasteiger partial charge in [0.15, 0.2) is 0 Å². The fourth-order valence-corrected chi connectivity index (χ4v) is 1.56. The van der Waals surface area contributed by atoms with Crippen LogP contribution in [0.1, 0.15) is 32.3 Å². The SMILES string of the molecule is CC(C)=CNC(=O)NCCCCc1ccccc1. The van der Waals surface area contributed by atoms with Gasteiger partial charge in [-0.05, 0) is 38.7 Å². The van der Waals surface area contributed by atoms with Crippen molar-refractivity contribution in [3.8, 4) is 0 Å². The molecule has 0 aliphatic carbocycles. The largest absolute Gasteiger partial charge is 0.338 e. The van der Waals surface area contributed by atoms with Gasteiger partial charge >= 0.3 is 6.03 Å². The van der Waals surface area contributed by atoms with Crippen LogP contribution in [0.25, 0.3) is 0 Å². The van der Waals surface area contributed by atoms with E-state index >= 15 is 0 Å². The second kappa shape index (κ2) is 8.34. The second-order valence-corrected chi connectivity index (χ2v) is 4.56. The first-order valence-corrected chi connectivity index (χ1v) is 6.40. The van der Waals surface area contributed by atoms with E-state index in [-0.39, 0.29) is 6.03 Å². The van der Waals surface area contributed by atoms with Crippen LogP contribution in [0.2, 0.25) is 0 Å². The quantitative estimate of drug-likeness (QED) is 0.743. The lowest BCUT2D eigenvalue weighted by Gasteiger charge is -2.05. The maximum absolute atomic E-state index is 11.3. The molecule has 0 saturated carbocycles. The fourth-order valence-electron chi connectivity index (χ4n) is 1.56. The molecule has 0 atom stereocenters. The molecule has 0 saturated heterocycles. The van der Waals surface area contributed by atoms with Gasteiger partial charge in [0.1, 0.15) is 0 Å². The van der Waals surface area contributed by atoms with Crippen molar-refractivity contribution in [3.05, 3.63) is 47.7 Å². The molecular weight excluding hydrogens is 224 g/mol. The molecule has 0 spiro atoms. The number of hydrogen-bond donors (Lipinski definition) is 2. The van der Waals surface area contributed by atoms with E-state index in [1.54, 1.807) is 6.20 Å². The molecule has 98 valence electrons. The van der Waals surface area contributed by atoms with Crippen molar-refractivity contribution in [2.24, 2.45) is 0 Å². The van der Waals surface area contributed by atoms with Crippen LogP contribution in [-0.2, 0) is 6.42 Å². The molecule has 3 nitrogen and oxygen atoms in total. The number of carbonyl (C=O) groups is 1. The van der Waals surface area contributed by atoms with Crippen LogP contribution in [0.3, 0.4) is 0 Å². The van der Waals surface area contributed by atoms with Crippen molar-refractivity contribution >= 4 is 6.03 Å². The number of carbonyl (C=O) groups excluding carboxylic acids is 1. The van der Waals surface area contributed by atoms with E-state index in [0.717, 1.165) is 31.4 Å². The molecule has 1 aromatic carbocycles. The van der Waals surface area contributed by atoms with Crippen LogP contribution < -0.4 is 10.6 Å². The Morgan fingerprint density at radius 2 is 1.89 bits per heavy atom. The molecular formula is C15H22N2O. The van der Waals surface area contributed by atoms with Gasteiger partial charge in [-0.3, -0.25) is 0 Å². The number of benzene rings is 1. The molecule has 2 amide bonds. The van der Waals surface area contributed by atoms with Gasteiger partial charge in [0.25, 0.3) is 0 Å². The molecule has 0 bridgehead atoms. The molecule has 1 aromatic rings. The number of nitrogens with one attached hydrogen (secondary N) is 2. The Bertz CT molecular complexity index is 381. The van der Waals surface area contributed by atoms with Gasteiger partial charge in [-0.1, -0.05) is 35.9 Å². The summed E-state index contributed by atoms with van der Waals surface area (Å²) in [4.78, 5) is 11.3. The van der Waals surface area contributed by atoms with Crippen molar-refractivity contribution in [2.45, 2.75) is 33.1 Å². The monoisotopic (exact) mass is 246 g/mol. The first-order chi connectivity index (χ1) is 8.68. The van der Waals surface area contributed by atoms with Gasteiger partial charge in [-0.15, -0.1) is 0 Å². The summed E-state index contributed by atoms with van der Waals surface area (Å²) in [5.74, 6) is 0. The molecule has 18 heavy (non-hydrogen) atoms. The maximum atomic E-state index is 11.3. The molecule has 0 fully saturated rings. The number of aryl methyl sites for hydroxylation is 1. The van der Waals surface area contributed by atoms with E-state index in [2.05, 4.69) is 34.9 Å². The van der Waals surface area contributed by atoms with Crippen LogP contribution >= 0.6 is 0 Å². The minimum atomic E-state index is -0.129. The van der Waals surface area contributed by atoms with Crippen LogP contribution in [-0.4, -0.2) is 12.6 Å². The van der Waals surface area contributed by atoms with Gasteiger partial charge in [-0.2, -0.15) is 0 Å². The zero-order valence-electron chi connectivity index (χ0n) is 11.2. The molecule has 0 aromatic heterocycles. The molecule has 0 unspecified atom stereocenters. The Morgan fingerprint density at radius 1 is 1.17 bits per heavy atom. The number of allylic oxidation sites excluding steroid dienone is 1. The number of rotatable bonds is 6. The molecule has 3 heteroatoms. The third-order valence-electron chi connectivity index (χ3n) is 2.51. The van der Waals surface area contributed by atoms with E-state index < -0.39 is 0 Å². The van der Waals surface area contributed by atoms with E-state index in [1.807, 2.05) is 19.9 Å². The summed E-state index contributed by atoms with van der Waals surface area (Å²) in [6.45, 7) is 4.61. The molecule has 0 heterocycles. The fraction of sp³-hybridized carbons (Fsp3) is 0.400. The Hall–Kier alpha value is -1.77. The van der Waals surface area contributed by atoms with Crippen molar-refractivity contribution in [1.29, 1.82) is 0 Å². The van der Waals surface area contributed by atoms with Crippen LogP contribution in [0.4, 0.5) is 4.79 Å². The summed E-state index contributed by atoms with van der Waals surface area (Å²) >= 11 is 0. The summed E-state index contributed by atoms with van der Waals surface area (Å²) in [5, 5.41) is 5.51. The van der Waals surface area contributed by atoms with Crippen molar-refractivity contribution in [1.82, 2.24) is 10.6 Å². The van der Waals surface area contributed by atoms with Gasteiger partial charge in [0.2, 0.25) is 0 Å². The highest BCUT2D eigenvalue weighted by Gasteiger charge is 1.96. The topological polar surface area (TPSA) is 41.1 Å². The lowest BCUT2D eigenvalue weighted by Crippen LogP contribution is -2.32. The van der Waals surface area contributed by atoms with Gasteiger partial charge in [0, 0.05) is 12.7 Å². The number of amides is 2. The predicted octanol–water partition coefficient (Wildman–Crippen LogP) is 3.23. The predicted molar refractivity (Wildman–Crippen MR) is 75.3 cm³/mol. The molecule has 1 rings (SSSR count). The van der Waals surface area contributed by atoms with Crippen LogP contribution in [0.5, 0.6) is 0 Å². The highest BCUT2D eigenvalue weighted by molar-refractivity contribution is 5.74. The highest BCUT2D eigenvalue weighted by atomic mass is 16.2.